The second kappa shape index (κ2) is 9.35. The summed E-state index contributed by atoms with van der Waals surface area (Å²) in [5.41, 5.74) is 2.00. The first-order valence-electron chi connectivity index (χ1n) is 6.41. The minimum absolute atomic E-state index is 0. The fourth-order valence-electron chi connectivity index (χ4n) is 2.07. The topological polar surface area (TPSA) is 80.2 Å². The van der Waals surface area contributed by atoms with Gasteiger partial charge < -0.3 is 10.6 Å². The Morgan fingerprint density at radius 1 is 1.00 bits per heavy atom. The van der Waals surface area contributed by atoms with Crippen LogP contribution in [-0.4, -0.2) is 21.5 Å². The monoisotopic (exact) mass is 423 g/mol. The first-order chi connectivity index (χ1) is 11.0. The van der Waals surface area contributed by atoms with Crippen LogP contribution in [0.1, 0.15) is 9.80 Å². The Hall–Kier alpha value is -0.630. The van der Waals surface area contributed by atoms with E-state index in [1.165, 1.54) is 0 Å². The maximum absolute atomic E-state index is 11.3. The van der Waals surface area contributed by atoms with Crippen LogP contribution < -0.4 is 29.6 Å². The van der Waals surface area contributed by atoms with E-state index in [1.807, 2.05) is 0 Å². The predicted octanol–water partition coefficient (Wildman–Crippen LogP) is 2.96. The first kappa shape index (κ1) is 22.4. The number of nitrogens with zero attached hydrogens (tertiary/aromatic N) is 1. The Labute approximate surface area is 185 Å². The van der Waals surface area contributed by atoms with Crippen molar-refractivity contribution in [2.45, 2.75) is 0 Å². The maximum atomic E-state index is 11.3. The third kappa shape index (κ3) is 4.96. The van der Waals surface area contributed by atoms with Gasteiger partial charge in [0.05, 0.1) is 15.6 Å². The van der Waals surface area contributed by atoms with Gasteiger partial charge in [0.2, 0.25) is 5.01 Å². The number of carbonyl (C=O) groups is 1. The smallest absolute Gasteiger partial charge is 0.870 e. The molecule has 3 rings (SSSR count). The van der Waals surface area contributed by atoms with Crippen molar-refractivity contribution in [2.75, 3.05) is 0 Å². The van der Waals surface area contributed by atoms with Crippen molar-refractivity contribution in [3.63, 3.8) is 0 Å². The van der Waals surface area contributed by atoms with Gasteiger partial charge in [0.15, 0.2) is 0 Å². The molecule has 2 N–H and O–H groups in total. The van der Waals surface area contributed by atoms with Crippen LogP contribution in [0.25, 0.3) is 21.7 Å². The van der Waals surface area contributed by atoms with E-state index in [0.717, 1.165) is 16.9 Å². The molecule has 9 heteroatoms. The average Bonchev–Trinajstić information content (AvgIpc) is 2.93. The summed E-state index contributed by atoms with van der Waals surface area (Å²) in [5.74, 6) is -1.08. The Morgan fingerprint density at radius 2 is 1.60 bits per heavy atom. The number of rotatable bonds is 3. The fourth-order valence-corrected chi connectivity index (χ4v) is 3.72. The summed E-state index contributed by atoms with van der Waals surface area (Å²) in [5, 5.41) is 10.8. The molecule has 0 bridgehead atoms. The van der Waals surface area contributed by atoms with Gasteiger partial charge in [-0.3, -0.25) is 0 Å². The molecule has 0 fully saturated rings. The van der Waals surface area contributed by atoms with Gasteiger partial charge in [0.25, 0.3) is 0 Å². The quantitative estimate of drug-likeness (QED) is 0.656. The van der Waals surface area contributed by atoms with E-state index in [4.69, 9.17) is 34.8 Å². The van der Waals surface area contributed by atoms with Gasteiger partial charge in [-0.05, 0) is 24.3 Å². The summed E-state index contributed by atoms with van der Waals surface area (Å²) in [6.07, 6.45) is 0. The van der Waals surface area contributed by atoms with Crippen molar-refractivity contribution in [3.8, 4) is 21.7 Å². The van der Waals surface area contributed by atoms with Crippen LogP contribution in [0.2, 0.25) is 15.1 Å². The summed E-state index contributed by atoms with van der Waals surface area (Å²) in [6, 6.07) is 12.1. The normalized spacial score (nSPS) is 9.88. The maximum Gasteiger partial charge on any atom is 1.00 e. The Morgan fingerprint density at radius 3 is 2.16 bits per heavy atom. The second-order valence-electron chi connectivity index (χ2n) is 4.63. The largest absolute Gasteiger partial charge is 1.00 e. The summed E-state index contributed by atoms with van der Waals surface area (Å²) >= 11 is 19.2. The SMILES string of the molecule is O=C(O)c1nc(-c2ccc(Cl)cc2)c(-c2ccc(Cl)cc2Cl)s1.[Na+].[OH-]. The van der Waals surface area contributed by atoms with Crippen LogP contribution in [0, 0.1) is 0 Å². The number of hydrogen-bond donors (Lipinski definition) is 1. The molecule has 0 amide bonds. The van der Waals surface area contributed by atoms with Gasteiger partial charge in [0.1, 0.15) is 0 Å². The van der Waals surface area contributed by atoms with Crippen LogP contribution in [-0.2, 0) is 0 Å². The number of halogens is 3. The number of benzene rings is 2. The van der Waals surface area contributed by atoms with Gasteiger partial charge >= 0.3 is 35.5 Å². The molecule has 0 saturated heterocycles. The molecule has 0 atom stereocenters. The van der Waals surface area contributed by atoms with Gasteiger partial charge in [0, 0.05) is 21.2 Å². The average molecular weight is 425 g/mol. The summed E-state index contributed by atoms with van der Waals surface area (Å²) in [6.45, 7) is 0. The molecule has 0 aliphatic rings. The van der Waals surface area contributed by atoms with Crippen LogP contribution in [0.3, 0.4) is 0 Å². The standard InChI is InChI=1S/C16H8Cl3NO2S.Na.H2O/c17-9-3-1-8(2-4-9)13-14(23-15(20-13)16(21)22)11-6-5-10(18)7-12(11)19;;/h1-7H,(H,21,22);;1H2/q;+1;/p-1. The molecule has 1 heterocycles. The zero-order valence-corrected chi connectivity index (χ0v) is 17.9. The number of hydrogen-bond acceptors (Lipinski definition) is 4. The minimum atomic E-state index is -1.08. The molecule has 1 aromatic heterocycles. The van der Waals surface area contributed by atoms with Gasteiger partial charge in [-0.1, -0.05) is 53.0 Å². The van der Waals surface area contributed by atoms with Crippen LogP contribution in [0.15, 0.2) is 42.5 Å². The number of carboxylic acids is 1. The van der Waals surface area contributed by atoms with Crippen molar-refractivity contribution in [1.29, 1.82) is 0 Å². The Balaban J connectivity index is 0.00000156. The van der Waals surface area contributed by atoms with Crippen molar-refractivity contribution in [3.05, 3.63) is 62.5 Å². The molecule has 0 unspecified atom stereocenters. The number of aromatic carboxylic acids is 1. The van der Waals surface area contributed by atoms with E-state index in [1.54, 1.807) is 42.5 Å². The molecule has 0 aliphatic heterocycles. The fraction of sp³-hybridized carbons (Fsp3) is 0. The van der Waals surface area contributed by atoms with Gasteiger partial charge in [-0.25, -0.2) is 9.78 Å². The van der Waals surface area contributed by atoms with E-state index in [9.17, 15) is 9.90 Å². The molecule has 124 valence electrons. The van der Waals surface area contributed by atoms with Gasteiger partial charge in [-0.2, -0.15) is 0 Å². The summed E-state index contributed by atoms with van der Waals surface area (Å²) in [7, 11) is 0. The molecule has 4 nitrogen and oxygen atoms in total. The molecular weight excluding hydrogens is 416 g/mol. The molecule has 0 saturated carbocycles. The van der Waals surface area contributed by atoms with E-state index in [-0.39, 0.29) is 40.0 Å². The van der Waals surface area contributed by atoms with E-state index < -0.39 is 5.97 Å². The molecule has 2 aromatic carbocycles. The third-order valence-electron chi connectivity index (χ3n) is 3.10. The van der Waals surface area contributed by atoms with Crippen molar-refractivity contribution in [1.82, 2.24) is 4.98 Å². The molecular formula is C16H9Cl3NNaO3S. The summed E-state index contributed by atoms with van der Waals surface area (Å²) < 4.78 is 0. The third-order valence-corrected chi connectivity index (χ3v) is 4.98. The minimum Gasteiger partial charge on any atom is -0.870 e. The molecule has 0 spiro atoms. The van der Waals surface area contributed by atoms with Crippen molar-refractivity contribution >= 4 is 52.1 Å². The Bertz CT molecular complexity index is 900. The second-order valence-corrected chi connectivity index (χ2v) is 6.91. The number of thiazole rings is 1. The number of aromatic nitrogens is 1. The zero-order valence-electron chi connectivity index (χ0n) is 12.8. The Kier molecular flexibility index (Phi) is 8.38. The molecule has 3 aromatic rings. The number of carboxylic acid groups (broad SMARTS) is 1. The summed E-state index contributed by atoms with van der Waals surface area (Å²) in [4.78, 5) is 16.2. The predicted molar refractivity (Wildman–Crippen MR) is 96.9 cm³/mol. The van der Waals surface area contributed by atoms with E-state index in [2.05, 4.69) is 4.98 Å². The molecule has 0 radical (unpaired) electrons. The molecule has 0 aliphatic carbocycles. The molecule has 25 heavy (non-hydrogen) atoms. The van der Waals surface area contributed by atoms with Crippen LogP contribution in [0.4, 0.5) is 0 Å². The zero-order chi connectivity index (χ0) is 16.6. The van der Waals surface area contributed by atoms with Crippen LogP contribution >= 0.6 is 46.1 Å². The van der Waals surface area contributed by atoms with Gasteiger partial charge in [-0.15, -0.1) is 11.3 Å². The first-order valence-corrected chi connectivity index (χ1v) is 8.36. The van der Waals surface area contributed by atoms with Crippen LogP contribution in [0.5, 0.6) is 0 Å². The van der Waals surface area contributed by atoms with E-state index in [0.29, 0.717) is 31.2 Å². The van der Waals surface area contributed by atoms with E-state index >= 15 is 0 Å². The van der Waals surface area contributed by atoms with Crippen molar-refractivity contribution < 1.29 is 44.9 Å². The van der Waals surface area contributed by atoms with Crippen molar-refractivity contribution in [2.24, 2.45) is 0 Å².